The van der Waals surface area contributed by atoms with Gasteiger partial charge in [0.25, 0.3) is 0 Å². The van der Waals surface area contributed by atoms with Gasteiger partial charge in [0, 0.05) is 35.2 Å². The topological polar surface area (TPSA) is 88.6 Å². The molecule has 1 unspecified atom stereocenters. The van der Waals surface area contributed by atoms with Gasteiger partial charge in [0.1, 0.15) is 16.7 Å². The molecular weight excluding hydrogens is 466 g/mol. The summed E-state index contributed by atoms with van der Waals surface area (Å²) in [7, 11) is -1.24. The highest BCUT2D eigenvalue weighted by atomic mass is 32.2. The van der Waals surface area contributed by atoms with Crippen LogP contribution in [0.1, 0.15) is 57.1 Å². The Morgan fingerprint density at radius 3 is 2.76 bits per heavy atom. The Kier molecular flexibility index (Phi) is 6.69. The highest BCUT2D eigenvalue weighted by Crippen LogP contribution is 2.30. The van der Waals surface area contributed by atoms with E-state index in [0.29, 0.717) is 11.6 Å². The molecule has 5 rings (SSSR count). The molecule has 178 valence electrons. The van der Waals surface area contributed by atoms with E-state index in [1.54, 1.807) is 5.51 Å². The number of anilines is 1. The Morgan fingerprint density at radius 2 is 2.03 bits per heavy atom. The number of thiazole rings is 1. The molecule has 1 aromatic carbocycles. The van der Waals surface area contributed by atoms with Gasteiger partial charge in [-0.05, 0) is 57.2 Å². The Balaban J connectivity index is 1.74. The molecule has 34 heavy (non-hydrogen) atoms. The smallest absolute Gasteiger partial charge is 0.229 e. The van der Waals surface area contributed by atoms with Crippen LogP contribution >= 0.6 is 11.3 Å². The summed E-state index contributed by atoms with van der Waals surface area (Å²) in [5.41, 5.74) is 6.86. The lowest BCUT2D eigenvalue weighted by Gasteiger charge is -2.28. The minimum Gasteiger partial charge on any atom is -0.341 e. The van der Waals surface area contributed by atoms with Crippen LogP contribution in [0, 0.1) is 6.92 Å². The van der Waals surface area contributed by atoms with Gasteiger partial charge in [-0.3, -0.25) is 0 Å². The molecule has 1 atom stereocenters. The van der Waals surface area contributed by atoms with Crippen LogP contribution in [-0.2, 0) is 11.0 Å². The monoisotopic (exact) mass is 495 g/mol. The van der Waals surface area contributed by atoms with Crippen molar-refractivity contribution in [3.05, 3.63) is 34.2 Å². The standard InChI is InChI=1S/C24H29N7OS2/c1-4-5-11-34(32)29-17(3)18-12-16(2)13-19-21(18)26-24(30-9-7-6-8-10-30)31-23(19)27-22(28-31)20-14-33-15-25-20/h12-15H,4-11H2,1-3H3/b29-17-. The predicted molar refractivity (Wildman–Crippen MR) is 140 cm³/mol. The normalized spacial score (nSPS) is 16.0. The highest BCUT2D eigenvalue weighted by Gasteiger charge is 2.23. The van der Waals surface area contributed by atoms with Crippen molar-refractivity contribution in [2.75, 3.05) is 23.7 Å². The third-order valence-corrected chi connectivity index (χ3v) is 7.81. The summed E-state index contributed by atoms with van der Waals surface area (Å²) in [5.74, 6) is 1.97. The Bertz CT molecular complexity index is 1370. The van der Waals surface area contributed by atoms with Crippen molar-refractivity contribution in [3.8, 4) is 11.5 Å². The number of fused-ring (bicyclic) bond motifs is 3. The molecule has 8 nitrogen and oxygen atoms in total. The zero-order chi connectivity index (χ0) is 23.7. The fraction of sp³-hybridized carbons (Fsp3) is 0.458. The molecule has 1 saturated heterocycles. The predicted octanol–water partition coefficient (Wildman–Crippen LogP) is 4.97. The fourth-order valence-electron chi connectivity index (χ4n) is 4.36. The van der Waals surface area contributed by atoms with Crippen molar-refractivity contribution in [2.45, 2.75) is 52.9 Å². The molecule has 10 heteroatoms. The van der Waals surface area contributed by atoms with E-state index in [1.165, 1.54) is 17.8 Å². The number of benzene rings is 1. The molecule has 0 spiro atoms. The van der Waals surface area contributed by atoms with E-state index in [9.17, 15) is 4.21 Å². The van der Waals surface area contributed by atoms with E-state index in [2.05, 4.69) is 40.3 Å². The van der Waals surface area contributed by atoms with Crippen molar-refractivity contribution in [3.63, 3.8) is 0 Å². The number of aromatic nitrogens is 5. The third kappa shape index (κ3) is 4.48. The van der Waals surface area contributed by atoms with Crippen molar-refractivity contribution in [2.24, 2.45) is 4.40 Å². The second kappa shape index (κ2) is 9.87. The van der Waals surface area contributed by atoms with Crippen molar-refractivity contribution >= 4 is 50.5 Å². The summed E-state index contributed by atoms with van der Waals surface area (Å²) in [6.45, 7) is 7.95. The molecule has 0 bridgehead atoms. The maximum absolute atomic E-state index is 12.5. The molecule has 0 radical (unpaired) electrons. The van der Waals surface area contributed by atoms with E-state index in [4.69, 9.17) is 15.1 Å². The zero-order valence-electron chi connectivity index (χ0n) is 19.8. The Morgan fingerprint density at radius 1 is 1.21 bits per heavy atom. The van der Waals surface area contributed by atoms with Gasteiger partial charge in [0.15, 0.2) is 5.65 Å². The number of piperidine rings is 1. The summed E-state index contributed by atoms with van der Waals surface area (Å²) < 4.78 is 18.9. The SMILES string of the molecule is CCCCS(=O)/N=C(/C)c1cc(C)cc2c1nc(N1CCCCC1)n1nc(-c3cscn3)nc21. The summed E-state index contributed by atoms with van der Waals surface area (Å²) in [6.07, 6.45) is 5.39. The Labute approximate surface area is 205 Å². The first-order chi connectivity index (χ1) is 16.5. The lowest BCUT2D eigenvalue weighted by atomic mass is 10.0. The third-order valence-electron chi connectivity index (χ3n) is 6.10. The molecule has 1 aliphatic rings. The number of rotatable bonds is 7. The molecule has 0 amide bonds. The van der Waals surface area contributed by atoms with E-state index < -0.39 is 11.0 Å². The first-order valence-corrected chi connectivity index (χ1v) is 14.1. The summed E-state index contributed by atoms with van der Waals surface area (Å²) in [4.78, 5) is 16.8. The zero-order valence-corrected chi connectivity index (χ0v) is 21.5. The van der Waals surface area contributed by atoms with Gasteiger partial charge in [-0.1, -0.05) is 13.3 Å². The second-order valence-corrected chi connectivity index (χ2v) is 10.7. The quantitative estimate of drug-likeness (QED) is 0.336. The number of aryl methyl sites for hydroxylation is 1. The van der Waals surface area contributed by atoms with Gasteiger partial charge in [0.05, 0.1) is 16.7 Å². The highest BCUT2D eigenvalue weighted by molar-refractivity contribution is 7.83. The lowest BCUT2D eigenvalue weighted by molar-refractivity contribution is 0.563. The van der Waals surface area contributed by atoms with Gasteiger partial charge < -0.3 is 4.90 Å². The lowest BCUT2D eigenvalue weighted by Crippen LogP contribution is -2.32. The maximum Gasteiger partial charge on any atom is 0.229 e. The largest absolute Gasteiger partial charge is 0.341 e. The van der Waals surface area contributed by atoms with Crippen LogP contribution in [0.5, 0.6) is 0 Å². The van der Waals surface area contributed by atoms with Crippen molar-refractivity contribution < 1.29 is 4.21 Å². The average Bonchev–Trinajstić information content (AvgIpc) is 3.53. The van der Waals surface area contributed by atoms with Gasteiger partial charge in [-0.15, -0.1) is 16.4 Å². The molecule has 0 aliphatic carbocycles. The van der Waals surface area contributed by atoms with Gasteiger partial charge in [-0.2, -0.15) is 8.91 Å². The fourth-order valence-corrected chi connectivity index (χ4v) is 5.93. The molecule has 4 heterocycles. The van der Waals surface area contributed by atoms with E-state index in [1.807, 2.05) is 16.8 Å². The van der Waals surface area contributed by atoms with E-state index in [0.717, 1.165) is 83.8 Å². The van der Waals surface area contributed by atoms with Crippen LogP contribution in [0.4, 0.5) is 5.95 Å². The molecule has 0 N–H and O–H groups in total. The number of hydrogen-bond donors (Lipinski definition) is 0. The number of hydrogen-bond acceptors (Lipinski definition) is 7. The summed E-state index contributed by atoms with van der Waals surface area (Å²) in [5, 5.41) is 7.71. The molecule has 3 aromatic heterocycles. The van der Waals surface area contributed by atoms with Gasteiger partial charge in [-0.25, -0.2) is 19.2 Å². The van der Waals surface area contributed by atoms with Gasteiger partial charge in [0.2, 0.25) is 11.8 Å². The molecule has 1 aliphatic heterocycles. The minimum absolute atomic E-state index is 0.579. The van der Waals surface area contributed by atoms with Crippen LogP contribution in [0.25, 0.3) is 28.1 Å². The second-order valence-electron chi connectivity index (χ2n) is 8.77. The van der Waals surface area contributed by atoms with Crippen LogP contribution in [0.3, 0.4) is 0 Å². The average molecular weight is 496 g/mol. The van der Waals surface area contributed by atoms with Crippen LogP contribution in [0.15, 0.2) is 27.4 Å². The summed E-state index contributed by atoms with van der Waals surface area (Å²) in [6, 6.07) is 4.18. The molecule has 1 fully saturated rings. The first-order valence-electron chi connectivity index (χ1n) is 11.8. The maximum atomic E-state index is 12.5. The Hall–Kier alpha value is -2.72. The van der Waals surface area contributed by atoms with E-state index >= 15 is 0 Å². The van der Waals surface area contributed by atoms with E-state index in [-0.39, 0.29) is 0 Å². The van der Waals surface area contributed by atoms with Crippen LogP contribution in [0.2, 0.25) is 0 Å². The minimum atomic E-state index is -1.24. The van der Waals surface area contributed by atoms with Crippen LogP contribution in [-0.4, -0.2) is 53.3 Å². The number of nitrogens with zero attached hydrogens (tertiary/aromatic N) is 7. The van der Waals surface area contributed by atoms with Gasteiger partial charge >= 0.3 is 0 Å². The van der Waals surface area contributed by atoms with Crippen molar-refractivity contribution in [1.82, 2.24) is 24.6 Å². The number of unbranched alkanes of at least 4 members (excludes halogenated alkanes) is 1. The molecular formula is C24H29N7OS2. The molecule has 4 aromatic rings. The van der Waals surface area contributed by atoms with Crippen LogP contribution < -0.4 is 4.90 Å². The summed E-state index contributed by atoms with van der Waals surface area (Å²) >= 11 is 1.53. The first kappa shape index (κ1) is 23.0. The van der Waals surface area contributed by atoms with Crippen molar-refractivity contribution in [1.29, 1.82) is 0 Å². The molecule has 0 saturated carbocycles.